The Hall–Kier alpha value is -0.940. The van der Waals surface area contributed by atoms with E-state index in [2.05, 4.69) is 5.43 Å². The van der Waals surface area contributed by atoms with Gasteiger partial charge in [0.2, 0.25) is 0 Å². The molecule has 0 aliphatic rings. The van der Waals surface area contributed by atoms with Gasteiger partial charge in [-0.15, -0.1) is 0 Å². The quantitative estimate of drug-likeness (QED) is 0.343. The van der Waals surface area contributed by atoms with Gasteiger partial charge in [0.05, 0.1) is 11.8 Å². The van der Waals surface area contributed by atoms with E-state index >= 15 is 0 Å². The van der Waals surface area contributed by atoms with Gasteiger partial charge in [-0.1, -0.05) is 6.07 Å². The lowest BCUT2D eigenvalue weighted by atomic mass is 10.2. The van der Waals surface area contributed by atoms with Gasteiger partial charge in [-0.2, -0.15) is 0 Å². The molecule has 0 fully saturated rings. The van der Waals surface area contributed by atoms with E-state index in [-0.39, 0.29) is 11.3 Å². The fourth-order valence-corrected chi connectivity index (χ4v) is 1.76. The van der Waals surface area contributed by atoms with Crippen LogP contribution in [-0.4, -0.2) is 9.79 Å². The number of benzene rings is 1. The van der Waals surface area contributed by atoms with Crippen LogP contribution in [0.2, 0.25) is 0 Å². The summed E-state index contributed by atoms with van der Waals surface area (Å²) in [6.45, 7) is 0. The minimum Gasteiger partial charge on any atom is -0.324 e. The van der Waals surface area contributed by atoms with E-state index in [1.54, 1.807) is 0 Å². The molecule has 0 unspecified atom stereocenters. The van der Waals surface area contributed by atoms with Crippen molar-refractivity contribution in [3.8, 4) is 0 Å². The van der Waals surface area contributed by atoms with Gasteiger partial charge in [0.15, 0.2) is 0 Å². The highest BCUT2D eigenvalue weighted by molar-refractivity contribution is 7.50. The molecule has 14 heavy (non-hydrogen) atoms. The molecule has 0 atom stereocenters. The van der Waals surface area contributed by atoms with Crippen molar-refractivity contribution in [3.63, 3.8) is 0 Å². The van der Waals surface area contributed by atoms with E-state index in [9.17, 15) is 8.96 Å². The molecule has 0 heterocycles. The summed E-state index contributed by atoms with van der Waals surface area (Å²) in [5.74, 6) is 4.55. The van der Waals surface area contributed by atoms with Crippen LogP contribution < -0.4 is 11.3 Å². The number of hydrogen-bond acceptors (Lipinski definition) is 3. The van der Waals surface area contributed by atoms with Gasteiger partial charge in [0.1, 0.15) is 5.82 Å². The Morgan fingerprint density at radius 1 is 1.50 bits per heavy atom. The van der Waals surface area contributed by atoms with Crippen molar-refractivity contribution in [2.45, 2.75) is 6.16 Å². The van der Waals surface area contributed by atoms with Crippen LogP contribution in [0.3, 0.4) is 0 Å². The number of nitrogens with one attached hydrogen (secondary N) is 1. The highest BCUT2D eigenvalue weighted by atomic mass is 31.2. The number of halogens is 1. The van der Waals surface area contributed by atoms with Gasteiger partial charge in [0.25, 0.3) is 0 Å². The summed E-state index contributed by atoms with van der Waals surface area (Å²) in [4.78, 5) is 17.4. The largest absolute Gasteiger partial charge is 0.329 e. The standard InChI is InChI=1S/C7H10FN2O3P/c8-6-2-1-5(4-14(11,12)13)7(3-6)10-9/h1-3,10H,4,9H2,(H2,11,12,13). The molecule has 0 saturated carbocycles. The number of rotatable bonds is 3. The summed E-state index contributed by atoms with van der Waals surface area (Å²) in [7, 11) is -4.16. The first kappa shape index (κ1) is 11.1. The van der Waals surface area contributed by atoms with Gasteiger partial charge in [-0.25, -0.2) is 4.39 Å². The molecule has 0 aliphatic carbocycles. The molecule has 78 valence electrons. The Balaban J connectivity index is 3.03. The van der Waals surface area contributed by atoms with Crippen molar-refractivity contribution in [2.24, 2.45) is 5.84 Å². The zero-order chi connectivity index (χ0) is 10.8. The lowest BCUT2D eigenvalue weighted by molar-refractivity contribution is 0.371. The number of hydrazine groups is 1. The van der Waals surface area contributed by atoms with Crippen molar-refractivity contribution in [1.29, 1.82) is 0 Å². The average molecular weight is 220 g/mol. The van der Waals surface area contributed by atoms with E-state index in [1.807, 2.05) is 0 Å². The van der Waals surface area contributed by atoms with Gasteiger partial charge in [0, 0.05) is 0 Å². The van der Waals surface area contributed by atoms with Crippen LogP contribution in [0, 0.1) is 5.82 Å². The first-order chi connectivity index (χ1) is 6.42. The zero-order valence-corrected chi connectivity index (χ0v) is 8.04. The van der Waals surface area contributed by atoms with Crippen LogP contribution in [0.25, 0.3) is 0 Å². The van der Waals surface area contributed by atoms with Crippen LogP contribution in [0.15, 0.2) is 18.2 Å². The maximum atomic E-state index is 12.7. The molecule has 0 aromatic heterocycles. The molecule has 1 aromatic carbocycles. The number of nitrogen functional groups attached to an aromatic ring is 1. The van der Waals surface area contributed by atoms with Crippen LogP contribution in [0.4, 0.5) is 10.1 Å². The van der Waals surface area contributed by atoms with E-state index in [1.165, 1.54) is 6.07 Å². The van der Waals surface area contributed by atoms with Crippen molar-refractivity contribution < 1.29 is 18.7 Å². The smallest absolute Gasteiger partial charge is 0.324 e. The molecule has 0 radical (unpaired) electrons. The molecule has 5 nitrogen and oxygen atoms in total. The summed E-state index contributed by atoms with van der Waals surface area (Å²) in [6, 6.07) is 3.47. The highest BCUT2D eigenvalue weighted by Crippen LogP contribution is 2.40. The Morgan fingerprint density at radius 3 is 2.64 bits per heavy atom. The van der Waals surface area contributed by atoms with Crippen LogP contribution >= 0.6 is 7.60 Å². The fraction of sp³-hybridized carbons (Fsp3) is 0.143. The fourth-order valence-electron chi connectivity index (χ4n) is 1.04. The summed E-state index contributed by atoms with van der Waals surface area (Å²) >= 11 is 0. The lowest BCUT2D eigenvalue weighted by Crippen LogP contribution is -2.09. The molecule has 0 aliphatic heterocycles. The highest BCUT2D eigenvalue weighted by Gasteiger charge is 2.16. The summed E-state index contributed by atoms with van der Waals surface area (Å²) < 4.78 is 23.4. The van der Waals surface area contributed by atoms with Gasteiger partial charge >= 0.3 is 7.60 Å². The molecular formula is C7H10FN2O3P. The molecule has 0 saturated heterocycles. The van der Waals surface area contributed by atoms with E-state index < -0.39 is 19.6 Å². The minimum atomic E-state index is -4.16. The third-order valence-electron chi connectivity index (χ3n) is 1.60. The lowest BCUT2D eigenvalue weighted by Gasteiger charge is -2.09. The number of nitrogens with two attached hydrogens (primary N) is 1. The maximum absolute atomic E-state index is 12.7. The Bertz CT molecular complexity index is 379. The van der Waals surface area contributed by atoms with Crippen LogP contribution in [0.1, 0.15) is 5.56 Å². The molecule has 5 N–H and O–H groups in total. The molecule has 0 spiro atoms. The third kappa shape index (κ3) is 3.08. The van der Waals surface area contributed by atoms with E-state index in [0.29, 0.717) is 0 Å². The molecular weight excluding hydrogens is 210 g/mol. The van der Waals surface area contributed by atoms with Crippen LogP contribution in [-0.2, 0) is 10.7 Å². The Labute approximate surface area is 79.9 Å². The maximum Gasteiger partial charge on any atom is 0.329 e. The second kappa shape index (κ2) is 4.06. The predicted octanol–water partition coefficient (Wildman–Crippen LogP) is 0.789. The van der Waals surface area contributed by atoms with E-state index in [4.69, 9.17) is 15.6 Å². The van der Waals surface area contributed by atoms with Crippen LogP contribution in [0.5, 0.6) is 0 Å². The molecule has 1 aromatic rings. The average Bonchev–Trinajstić information content (AvgIpc) is 2.06. The summed E-state index contributed by atoms with van der Waals surface area (Å²) in [5, 5.41) is 0. The molecule has 7 heteroatoms. The van der Waals surface area contributed by atoms with Gasteiger partial charge in [-0.3, -0.25) is 10.4 Å². The number of hydrogen-bond donors (Lipinski definition) is 4. The second-order valence-corrected chi connectivity index (χ2v) is 4.41. The monoisotopic (exact) mass is 220 g/mol. The normalized spacial score (nSPS) is 11.4. The van der Waals surface area contributed by atoms with Gasteiger partial charge < -0.3 is 15.2 Å². The SMILES string of the molecule is NNc1cc(F)ccc1CP(=O)(O)O. The van der Waals surface area contributed by atoms with Crippen molar-refractivity contribution in [2.75, 3.05) is 5.43 Å². The molecule has 0 amide bonds. The van der Waals surface area contributed by atoms with Crippen molar-refractivity contribution in [3.05, 3.63) is 29.6 Å². The topological polar surface area (TPSA) is 95.6 Å². The van der Waals surface area contributed by atoms with Crippen molar-refractivity contribution in [1.82, 2.24) is 0 Å². The predicted molar refractivity (Wildman–Crippen MR) is 50.0 cm³/mol. The second-order valence-electron chi connectivity index (χ2n) is 2.77. The first-order valence-electron chi connectivity index (χ1n) is 3.72. The van der Waals surface area contributed by atoms with E-state index in [0.717, 1.165) is 12.1 Å². The first-order valence-corrected chi connectivity index (χ1v) is 5.52. The Morgan fingerprint density at radius 2 is 2.14 bits per heavy atom. The van der Waals surface area contributed by atoms with Crippen molar-refractivity contribution >= 4 is 13.3 Å². The summed E-state index contributed by atoms with van der Waals surface area (Å²) in [5.41, 5.74) is 2.63. The van der Waals surface area contributed by atoms with Gasteiger partial charge in [-0.05, 0) is 17.7 Å². The molecule has 0 bridgehead atoms. The third-order valence-corrected chi connectivity index (χ3v) is 2.36. The molecule has 1 rings (SSSR count). The zero-order valence-electron chi connectivity index (χ0n) is 7.14. The minimum absolute atomic E-state index is 0.174. The Kier molecular flexibility index (Phi) is 3.23. The summed E-state index contributed by atoms with van der Waals surface area (Å²) in [6.07, 6.45) is -0.465. The number of anilines is 1.